The third-order valence-electron chi connectivity index (χ3n) is 6.26. The molecule has 36 heavy (non-hydrogen) atoms. The van der Waals surface area contributed by atoms with E-state index in [1.807, 2.05) is 6.26 Å². The van der Waals surface area contributed by atoms with Crippen molar-refractivity contribution in [2.45, 2.75) is 57.1 Å². The summed E-state index contributed by atoms with van der Waals surface area (Å²) in [5.41, 5.74) is 1.93. The summed E-state index contributed by atoms with van der Waals surface area (Å²) in [5, 5.41) is 7.31. The van der Waals surface area contributed by atoms with Gasteiger partial charge in [-0.05, 0) is 51.0 Å². The number of ether oxygens (including phenoxy) is 2. The molecule has 0 aromatic carbocycles. The number of aromatic nitrogens is 2. The van der Waals surface area contributed by atoms with E-state index in [1.165, 1.54) is 36.8 Å². The van der Waals surface area contributed by atoms with Gasteiger partial charge in [0.15, 0.2) is 10.7 Å². The van der Waals surface area contributed by atoms with Crippen LogP contribution < -0.4 is 10.6 Å². The molecule has 2 N–H and O–H groups in total. The van der Waals surface area contributed by atoms with Gasteiger partial charge in [-0.2, -0.15) is 0 Å². The Labute approximate surface area is 224 Å². The van der Waals surface area contributed by atoms with Crippen molar-refractivity contribution >= 4 is 52.5 Å². The molecule has 0 saturated heterocycles. The smallest absolute Gasteiger partial charge is 0.328 e. The fourth-order valence-corrected chi connectivity index (χ4v) is 5.72. The molecule has 3 heterocycles. The Bertz CT molecular complexity index is 1130. The number of nitrogens with zero attached hydrogens (tertiary/aromatic N) is 2. The van der Waals surface area contributed by atoms with Crippen LogP contribution in [0.4, 0.5) is 5.69 Å². The Kier molecular flexibility index (Phi) is 8.64. The highest BCUT2D eigenvalue weighted by atomic mass is 35.5. The van der Waals surface area contributed by atoms with Crippen molar-refractivity contribution in [3.05, 3.63) is 62.8 Å². The largest absolute Gasteiger partial charge is 0.473 e. The number of hydrogen-bond acceptors (Lipinski definition) is 8. The van der Waals surface area contributed by atoms with Crippen LogP contribution in [0.3, 0.4) is 0 Å². The van der Waals surface area contributed by atoms with Crippen LogP contribution >= 0.6 is 35.0 Å². The average molecular weight is 551 g/mol. The summed E-state index contributed by atoms with van der Waals surface area (Å²) in [6.07, 6.45) is 11.8. The quantitative estimate of drug-likeness (QED) is 0.402. The normalized spacial score (nSPS) is 17.1. The summed E-state index contributed by atoms with van der Waals surface area (Å²) < 4.78 is 11.5. The zero-order valence-electron chi connectivity index (χ0n) is 20.1. The number of nitrogens with one attached hydrogen (secondary N) is 2. The first kappa shape index (κ1) is 26.6. The Morgan fingerprint density at radius 1 is 1.17 bits per heavy atom. The number of hydrogen-bond donors (Lipinski definition) is 2. The van der Waals surface area contributed by atoms with Crippen molar-refractivity contribution in [2.75, 3.05) is 18.2 Å². The minimum atomic E-state index is -0.618. The van der Waals surface area contributed by atoms with Gasteiger partial charge in [0.25, 0.3) is 5.91 Å². The number of pyridine rings is 2. The fraction of sp³-hybridized carbons (Fsp3) is 0.440. The summed E-state index contributed by atoms with van der Waals surface area (Å²) in [7, 11) is 0. The maximum atomic E-state index is 12.9. The van der Waals surface area contributed by atoms with Gasteiger partial charge < -0.3 is 20.1 Å². The van der Waals surface area contributed by atoms with Crippen LogP contribution in [0.25, 0.3) is 0 Å². The maximum Gasteiger partial charge on any atom is 0.328 e. The number of rotatable bonds is 9. The van der Waals surface area contributed by atoms with Gasteiger partial charge in [0.05, 0.1) is 34.1 Å². The van der Waals surface area contributed by atoms with Crippen LogP contribution in [0.1, 0.15) is 55.1 Å². The first-order valence-corrected chi connectivity index (χ1v) is 13.8. The highest BCUT2D eigenvalue weighted by Gasteiger charge is 2.49. The molecule has 192 valence electrons. The highest BCUT2D eigenvalue weighted by molar-refractivity contribution is 8.02. The third-order valence-corrected chi connectivity index (χ3v) is 7.49. The second-order valence-electron chi connectivity index (χ2n) is 8.65. The van der Waals surface area contributed by atoms with E-state index in [0.717, 1.165) is 36.5 Å². The van der Waals surface area contributed by atoms with Crippen molar-refractivity contribution in [3.8, 4) is 0 Å². The van der Waals surface area contributed by atoms with Crippen LogP contribution in [0.2, 0.25) is 10.0 Å². The topological polar surface area (TPSA) is 102 Å². The maximum absolute atomic E-state index is 12.9. The van der Waals surface area contributed by atoms with Gasteiger partial charge in [0.2, 0.25) is 0 Å². The van der Waals surface area contributed by atoms with E-state index in [-0.39, 0.29) is 33.8 Å². The van der Waals surface area contributed by atoms with Gasteiger partial charge in [0, 0.05) is 24.5 Å². The average Bonchev–Trinajstić information content (AvgIpc) is 2.86. The molecule has 2 aromatic heterocycles. The molecule has 0 bridgehead atoms. The molecule has 1 aliphatic heterocycles. The number of esters is 1. The molecule has 1 saturated carbocycles. The molecule has 8 nitrogen and oxygen atoms in total. The van der Waals surface area contributed by atoms with E-state index in [9.17, 15) is 9.59 Å². The number of thioether (sulfide) groups is 1. The van der Waals surface area contributed by atoms with Gasteiger partial charge >= 0.3 is 5.97 Å². The van der Waals surface area contributed by atoms with Crippen molar-refractivity contribution in [2.24, 2.45) is 0 Å². The predicted molar refractivity (Wildman–Crippen MR) is 141 cm³/mol. The van der Waals surface area contributed by atoms with E-state index >= 15 is 0 Å². The lowest BCUT2D eigenvalue weighted by Crippen LogP contribution is -2.54. The van der Waals surface area contributed by atoms with Gasteiger partial charge in [0.1, 0.15) is 11.7 Å². The molecule has 11 heteroatoms. The fourth-order valence-electron chi connectivity index (χ4n) is 4.49. The first-order valence-electron chi connectivity index (χ1n) is 11.8. The van der Waals surface area contributed by atoms with Gasteiger partial charge in [-0.1, -0.05) is 41.4 Å². The number of amides is 1. The minimum Gasteiger partial charge on any atom is -0.473 e. The Morgan fingerprint density at radius 2 is 1.89 bits per heavy atom. The molecule has 2 aliphatic rings. The standard InChI is InChI=1S/C25H28Cl2N4O4S/c1-3-34-23(33)19(31-21-24(36-2)35-25(21)9-5-4-6-10-25)11-15-7-8-16(12-29-15)30-22(32)20-17(26)13-28-14-18(20)27/h7-8,12-14,19,31H,3-6,9-11H2,1-2H3,(H,30,32)/t19-/m0/s1. The van der Waals surface area contributed by atoms with Gasteiger partial charge in [-0.3, -0.25) is 14.8 Å². The number of carbonyl (C=O) groups excluding carboxylic acids is 2. The second-order valence-corrected chi connectivity index (χ2v) is 10.2. The van der Waals surface area contributed by atoms with Crippen molar-refractivity contribution in [1.29, 1.82) is 0 Å². The van der Waals surface area contributed by atoms with Gasteiger partial charge in [-0.15, -0.1) is 0 Å². The molecule has 1 amide bonds. The third kappa shape index (κ3) is 5.74. The van der Waals surface area contributed by atoms with Gasteiger partial charge in [-0.25, -0.2) is 4.79 Å². The SMILES string of the molecule is CCOC(=O)[C@H](Cc1ccc(NC(=O)c2c(Cl)cncc2Cl)cn1)NC1=C(SC)OC12CCCCC2. The zero-order chi connectivity index (χ0) is 25.7. The minimum absolute atomic E-state index is 0.140. The summed E-state index contributed by atoms with van der Waals surface area (Å²) in [6, 6.07) is 2.86. The van der Waals surface area contributed by atoms with Crippen molar-refractivity contribution in [1.82, 2.24) is 15.3 Å². The van der Waals surface area contributed by atoms with Crippen LogP contribution in [0, 0.1) is 0 Å². The highest BCUT2D eigenvalue weighted by Crippen LogP contribution is 2.49. The Hall–Kier alpha value is -2.49. The first-order chi connectivity index (χ1) is 17.4. The lowest BCUT2D eigenvalue weighted by molar-refractivity contribution is -0.146. The van der Waals surface area contributed by atoms with E-state index < -0.39 is 11.9 Å². The molecular weight excluding hydrogens is 523 g/mol. The molecule has 0 radical (unpaired) electrons. The summed E-state index contributed by atoms with van der Waals surface area (Å²) in [6.45, 7) is 2.07. The summed E-state index contributed by atoms with van der Waals surface area (Å²) >= 11 is 13.7. The molecule has 4 rings (SSSR count). The number of halogens is 2. The van der Waals surface area contributed by atoms with Crippen LogP contribution in [0.15, 0.2) is 41.5 Å². The van der Waals surface area contributed by atoms with E-state index in [0.29, 0.717) is 17.8 Å². The second kappa shape index (κ2) is 11.7. The van der Waals surface area contributed by atoms with E-state index in [1.54, 1.807) is 19.1 Å². The lowest BCUT2D eigenvalue weighted by Gasteiger charge is -2.48. The molecule has 1 fully saturated rings. The van der Waals surface area contributed by atoms with Crippen LogP contribution in [-0.4, -0.2) is 46.3 Å². The molecule has 2 aromatic rings. The number of carbonyl (C=O) groups is 2. The van der Waals surface area contributed by atoms with E-state index in [4.69, 9.17) is 32.7 Å². The summed E-state index contributed by atoms with van der Waals surface area (Å²) in [4.78, 5) is 33.8. The molecule has 0 unspecified atom stereocenters. The molecule has 1 spiro atoms. The van der Waals surface area contributed by atoms with Crippen LogP contribution in [-0.2, 0) is 20.7 Å². The van der Waals surface area contributed by atoms with Crippen molar-refractivity contribution < 1.29 is 19.1 Å². The zero-order valence-corrected chi connectivity index (χ0v) is 22.4. The predicted octanol–water partition coefficient (Wildman–Crippen LogP) is 5.36. The van der Waals surface area contributed by atoms with Crippen LogP contribution in [0.5, 0.6) is 0 Å². The summed E-state index contributed by atoms with van der Waals surface area (Å²) in [5.74, 6) is -0.809. The number of anilines is 1. The monoisotopic (exact) mass is 550 g/mol. The lowest BCUT2D eigenvalue weighted by atomic mass is 9.80. The molecular formula is C25H28Cl2N4O4S. The Balaban J connectivity index is 1.47. The molecule has 1 atom stereocenters. The van der Waals surface area contributed by atoms with Crippen molar-refractivity contribution in [3.63, 3.8) is 0 Å². The molecule has 1 aliphatic carbocycles. The van der Waals surface area contributed by atoms with E-state index in [2.05, 4.69) is 20.6 Å². The Morgan fingerprint density at radius 3 is 2.50 bits per heavy atom.